The molecular formula is C5H5N3W. The second kappa shape index (κ2) is 4.17. The van der Waals surface area contributed by atoms with Gasteiger partial charge in [0.25, 0.3) is 0 Å². The molecule has 0 aliphatic rings. The summed E-state index contributed by atoms with van der Waals surface area (Å²) in [5.74, 6) is 0.302. The molecule has 46 valence electrons. The van der Waals surface area contributed by atoms with E-state index in [1.807, 2.05) is 0 Å². The zero-order valence-corrected chi connectivity index (χ0v) is 7.60. The molecule has 0 atom stereocenters. The Kier molecular flexibility index (Phi) is 3.82. The maximum atomic E-state index is 6.52. The molecule has 0 aromatic rings. The van der Waals surface area contributed by atoms with E-state index in [1.165, 1.54) is 6.08 Å². The Morgan fingerprint density at radius 3 is 2.78 bits per heavy atom. The van der Waals surface area contributed by atoms with Crippen LogP contribution in [-0.4, -0.2) is 10.7 Å². The van der Waals surface area contributed by atoms with E-state index in [2.05, 4.69) is 16.6 Å². The molecule has 0 aliphatic carbocycles. The van der Waals surface area contributed by atoms with E-state index in [1.54, 1.807) is 0 Å². The molecule has 0 aromatic heterocycles. The predicted molar refractivity (Wildman–Crippen MR) is 33.4 cm³/mol. The van der Waals surface area contributed by atoms with Crippen LogP contribution in [0.15, 0.2) is 16.9 Å². The number of nitrogens with zero attached hydrogens (tertiary/aromatic N) is 2. The summed E-state index contributed by atoms with van der Waals surface area (Å²) in [4.78, 5) is 6.55. The van der Waals surface area contributed by atoms with E-state index in [9.17, 15) is 0 Å². The van der Waals surface area contributed by atoms with Gasteiger partial charge in [-0.15, -0.1) is 0 Å². The molecule has 0 rings (SSSR count). The predicted octanol–water partition coefficient (Wildman–Crippen LogP) is 0.0831. The Morgan fingerprint density at radius 2 is 2.44 bits per heavy atom. The molecule has 9 heavy (non-hydrogen) atoms. The van der Waals surface area contributed by atoms with E-state index in [-0.39, 0.29) is 0 Å². The molecule has 2 N–H and O–H groups in total. The van der Waals surface area contributed by atoms with Crippen LogP contribution in [0.1, 0.15) is 0 Å². The van der Waals surface area contributed by atoms with Crippen molar-refractivity contribution < 1.29 is 19.4 Å². The Hall–Kier alpha value is -0.742. The minimum atomic E-state index is 0.302. The minimum absolute atomic E-state index is 0.302. The third kappa shape index (κ3) is 3.81. The van der Waals surface area contributed by atoms with Crippen LogP contribution >= 0.6 is 0 Å². The van der Waals surface area contributed by atoms with E-state index < -0.39 is 0 Å². The van der Waals surface area contributed by atoms with Crippen molar-refractivity contribution in [1.29, 1.82) is 0 Å². The second-order valence-corrected chi connectivity index (χ2v) is 2.68. The summed E-state index contributed by atoms with van der Waals surface area (Å²) in [6.07, 6.45) is 1.51. The van der Waals surface area contributed by atoms with Crippen LogP contribution in [0.3, 0.4) is 0 Å². The van der Waals surface area contributed by atoms with Crippen LogP contribution in [0.4, 0.5) is 0 Å². The average Bonchev–Trinajstić information content (AvgIpc) is 1.87. The molecule has 0 heterocycles. The number of hydrogen-bond donors (Lipinski definition) is 1. The molecular weight excluding hydrogens is 286 g/mol. The molecule has 0 fully saturated rings. The summed E-state index contributed by atoms with van der Waals surface area (Å²) >= 11 is 1.09. The van der Waals surface area contributed by atoms with E-state index >= 15 is 0 Å². The van der Waals surface area contributed by atoms with Gasteiger partial charge < -0.3 is 0 Å². The normalized spacial score (nSPS) is 9.89. The Bertz CT molecular complexity index is 199. The van der Waals surface area contributed by atoms with Gasteiger partial charge in [-0.1, -0.05) is 0 Å². The number of hydrogen-bond acceptors (Lipinski definition) is 2. The molecule has 0 aromatic carbocycles. The maximum absolute atomic E-state index is 6.52. The standard InChI is InChI=1S/C5H5N3.W/c1-7-4-3-5(6)8-2;/h3H,2,6H2;/b5-3-;. The van der Waals surface area contributed by atoms with Crippen molar-refractivity contribution in [3.8, 4) is 0 Å². The average molecular weight is 291 g/mol. The van der Waals surface area contributed by atoms with E-state index in [0.29, 0.717) is 9.84 Å². The summed E-state index contributed by atoms with van der Waals surface area (Å²) in [6.45, 7) is 9.72. The first kappa shape index (κ1) is 8.26. The third-order valence-electron chi connectivity index (χ3n) is 0.564. The fourth-order valence-electron chi connectivity index (χ4n) is 0.204. The van der Waals surface area contributed by atoms with Gasteiger partial charge in [-0.25, -0.2) is 0 Å². The van der Waals surface area contributed by atoms with Crippen LogP contribution in [0, 0.1) is 6.57 Å². The summed E-state index contributed by atoms with van der Waals surface area (Å²) < 4.78 is 0.597. The molecule has 0 saturated heterocycles. The molecule has 4 heteroatoms. The van der Waals surface area contributed by atoms with Crippen LogP contribution < -0.4 is 5.73 Å². The van der Waals surface area contributed by atoms with Gasteiger partial charge >= 0.3 is 64.1 Å². The number of rotatable bonds is 2. The fraction of sp³-hybridized carbons (Fsp3) is 0. The van der Waals surface area contributed by atoms with Crippen molar-refractivity contribution in [2.75, 3.05) is 0 Å². The van der Waals surface area contributed by atoms with E-state index in [4.69, 9.17) is 12.3 Å². The molecule has 0 radical (unpaired) electrons. The van der Waals surface area contributed by atoms with Crippen molar-refractivity contribution in [3.05, 3.63) is 23.3 Å². The quantitative estimate of drug-likeness (QED) is 0.568. The zero-order valence-electron chi connectivity index (χ0n) is 4.66. The molecule has 0 aliphatic heterocycles. The number of aliphatic imine (C=N–C) groups is 1. The van der Waals surface area contributed by atoms with Gasteiger partial charge in [0.2, 0.25) is 0 Å². The molecule has 0 unspecified atom stereocenters. The van der Waals surface area contributed by atoms with Gasteiger partial charge in [0.1, 0.15) is 0 Å². The van der Waals surface area contributed by atoms with Crippen molar-refractivity contribution in [2.24, 2.45) is 10.7 Å². The van der Waals surface area contributed by atoms with Crippen LogP contribution in [0.5, 0.6) is 0 Å². The van der Waals surface area contributed by atoms with Crippen molar-refractivity contribution in [2.45, 2.75) is 0 Å². The third-order valence-corrected chi connectivity index (χ3v) is 1.32. The number of nitrogens with two attached hydrogens (primary N) is 1. The summed E-state index contributed by atoms with van der Waals surface area (Å²) in [5, 5.41) is 0. The van der Waals surface area contributed by atoms with Crippen LogP contribution in [0.25, 0.3) is 4.85 Å². The Balaban J connectivity index is 4.16. The Morgan fingerprint density at radius 1 is 1.89 bits per heavy atom. The monoisotopic (exact) mass is 291 g/mol. The summed E-state index contributed by atoms with van der Waals surface area (Å²) in [7, 11) is 0. The first-order chi connectivity index (χ1) is 4.20. The van der Waals surface area contributed by atoms with Crippen LogP contribution in [0.2, 0.25) is 0 Å². The molecule has 0 bridgehead atoms. The first-order valence-corrected chi connectivity index (χ1v) is 3.52. The van der Waals surface area contributed by atoms with Crippen LogP contribution in [-0.2, 0) is 19.4 Å². The fourth-order valence-corrected chi connectivity index (χ4v) is 0.638. The summed E-state index contributed by atoms with van der Waals surface area (Å²) in [6, 6.07) is 0. The molecule has 0 amide bonds. The van der Waals surface area contributed by atoms with Crippen molar-refractivity contribution in [3.63, 3.8) is 0 Å². The Labute approximate surface area is 64.5 Å². The van der Waals surface area contributed by atoms with Gasteiger partial charge in [0, 0.05) is 0 Å². The van der Waals surface area contributed by atoms with Gasteiger partial charge in [0.05, 0.1) is 0 Å². The van der Waals surface area contributed by atoms with E-state index in [0.717, 1.165) is 19.4 Å². The van der Waals surface area contributed by atoms with Crippen molar-refractivity contribution >= 4 is 10.7 Å². The van der Waals surface area contributed by atoms with Gasteiger partial charge in [-0.05, 0) is 0 Å². The molecule has 3 nitrogen and oxygen atoms in total. The van der Waals surface area contributed by atoms with Crippen molar-refractivity contribution in [1.82, 2.24) is 0 Å². The van der Waals surface area contributed by atoms with Gasteiger partial charge in [-0.3, -0.25) is 0 Å². The van der Waals surface area contributed by atoms with Gasteiger partial charge in [0.15, 0.2) is 0 Å². The first-order valence-electron chi connectivity index (χ1n) is 2.06. The van der Waals surface area contributed by atoms with Gasteiger partial charge in [-0.2, -0.15) is 0 Å². The summed E-state index contributed by atoms with van der Waals surface area (Å²) in [5.41, 5.74) is 5.23. The zero-order chi connectivity index (χ0) is 7.28. The molecule has 0 saturated carbocycles. The molecule has 0 spiro atoms. The second-order valence-electron chi connectivity index (χ2n) is 1.18. The SMILES string of the molecule is [C-]#[N+][C](=[W])/C=C(/N)N=C. The topological polar surface area (TPSA) is 42.7 Å².